The van der Waals surface area contributed by atoms with Crippen molar-refractivity contribution in [1.29, 1.82) is 0 Å². The highest BCUT2D eigenvalue weighted by Gasteiger charge is 2.13. The summed E-state index contributed by atoms with van der Waals surface area (Å²) in [5.74, 6) is 0.839. The lowest BCUT2D eigenvalue weighted by atomic mass is 10.1. The molecule has 0 aliphatic heterocycles. The zero-order chi connectivity index (χ0) is 14.4. The second kappa shape index (κ2) is 7.78. The Balaban J connectivity index is 2.00. The van der Waals surface area contributed by atoms with Gasteiger partial charge in [-0.1, -0.05) is 12.1 Å². The van der Waals surface area contributed by atoms with Gasteiger partial charge in [0.15, 0.2) is 0 Å². The lowest BCUT2D eigenvalue weighted by Gasteiger charge is -2.16. The van der Waals surface area contributed by atoms with Gasteiger partial charge in [0.25, 0.3) is 0 Å². The molecule has 5 heteroatoms. The van der Waals surface area contributed by atoms with Crippen molar-refractivity contribution < 1.29 is 9.47 Å². The summed E-state index contributed by atoms with van der Waals surface area (Å²) in [5.41, 5.74) is 7.05. The van der Waals surface area contributed by atoms with E-state index in [0.29, 0.717) is 6.54 Å². The van der Waals surface area contributed by atoms with Crippen LogP contribution in [0.15, 0.2) is 40.2 Å². The zero-order valence-electron chi connectivity index (χ0n) is 11.3. The molecule has 0 amide bonds. The van der Waals surface area contributed by atoms with E-state index in [4.69, 9.17) is 15.2 Å². The van der Waals surface area contributed by atoms with Crippen LogP contribution in [0.25, 0.3) is 0 Å². The van der Waals surface area contributed by atoms with Crippen molar-refractivity contribution in [3.63, 3.8) is 0 Å². The molecule has 3 nitrogen and oxygen atoms in total. The minimum Gasteiger partial charge on any atom is -0.484 e. The molecule has 2 aromatic rings. The molecule has 108 valence electrons. The topological polar surface area (TPSA) is 44.5 Å². The van der Waals surface area contributed by atoms with Gasteiger partial charge in [-0.15, -0.1) is 11.3 Å². The summed E-state index contributed by atoms with van der Waals surface area (Å²) in [5, 5.41) is 2.04. The first kappa shape index (κ1) is 15.5. The molecule has 20 heavy (non-hydrogen) atoms. The summed E-state index contributed by atoms with van der Waals surface area (Å²) in [4.78, 5) is 1.13. The molecule has 2 N–H and O–H groups in total. The second-order valence-corrected chi connectivity index (χ2v) is 6.25. The summed E-state index contributed by atoms with van der Waals surface area (Å²) >= 11 is 5.10. The van der Waals surface area contributed by atoms with Crippen molar-refractivity contribution >= 4 is 27.3 Å². The third kappa shape index (κ3) is 4.31. The molecule has 0 radical (unpaired) electrons. The van der Waals surface area contributed by atoms with E-state index in [2.05, 4.69) is 34.1 Å². The quantitative estimate of drug-likeness (QED) is 0.821. The zero-order valence-corrected chi connectivity index (χ0v) is 13.7. The Morgan fingerprint density at radius 3 is 2.60 bits per heavy atom. The molecule has 1 atom stereocenters. The Morgan fingerprint density at radius 1 is 1.30 bits per heavy atom. The van der Waals surface area contributed by atoms with Gasteiger partial charge in [0.2, 0.25) is 0 Å². The first-order valence-electron chi connectivity index (χ1n) is 6.41. The number of ether oxygens (including phenoxy) is 2. The van der Waals surface area contributed by atoms with Gasteiger partial charge in [-0.2, -0.15) is 0 Å². The van der Waals surface area contributed by atoms with Crippen molar-refractivity contribution in [2.45, 2.75) is 12.5 Å². The van der Waals surface area contributed by atoms with Crippen molar-refractivity contribution in [3.05, 3.63) is 50.6 Å². The molecular formula is C15H18BrNO2S. The van der Waals surface area contributed by atoms with E-state index in [1.165, 1.54) is 5.56 Å². The van der Waals surface area contributed by atoms with Gasteiger partial charge < -0.3 is 15.2 Å². The fourth-order valence-corrected chi connectivity index (χ4v) is 3.32. The van der Waals surface area contributed by atoms with Gasteiger partial charge in [-0.05, 0) is 46.1 Å². The molecule has 0 bridgehead atoms. The smallest absolute Gasteiger partial charge is 0.145 e. The maximum Gasteiger partial charge on any atom is 0.145 e. The predicted molar refractivity (Wildman–Crippen MR) is 86.5 cm³/mol. The molecule has 0 aliphatic rings. The standard InChI is InChI=1S/C15H18BrNO2S/c1-18-7-6-11-2-4-13(5-3-11)19-14(9-17)15-8-12(16)10-20-15/h2-5,8,10,14H,6-7,9,17H2,1H3. The summed E-state index contributed by atoms with van der Waals surface area (Å²) in [6, 6.07) is 10.1. The van der Waals surface area contributed by atoms with Crippen LogP contribution in [0.1, 0.15) is 16.5 Å². The average molecular weight is 356 g/mol. The van der Waals surface area contributed by atoms with Gasteiger partial charge in [-0.25, -0.2) is 0 Å². The summed E-state index contributed by atoms with van der Waals surface area (Å²) in [7, 11) is 1.71. The van der Waals surface area contributed by atoms with Crippen LogP contribution in [0.5, 0.6) is 5.75 Å². The maximum absolute atomic E-state index is 5.96. The van der Waals surface area contributed by atoms with Crippen LogP contribution in [0.3, 0.4) is 0 Å². The third-order valence-electron chi connectivity index (χ3n) is 2.92. The fraction of sp³-hybridized carbons (Fsp3) is 0.333. The lowest BCUT2D eigenvalue weighted by molar-refractivity contribution is 0.202. The maximum atomic E-state index is 5.96. The van der Waals surface area contributed by atoms with E-state index in [-0.39, 0.29) is 6.10 Å². The van der Waals surface area contributed by atoms with E-state index in [9.17, 15) is 0 Å². The number of hydrogen-bond acceptors (Lipinski definition) is 4. The van der Waals surface area contributed by atoms with Crippen LogP contribution in [0, 0.1) is 0 Å². The first-order chi connectivity index (χ1) is 9.72. The number of nitrogens with two attached hydrogens (primary N) is 1. The number of hydrogen-bond donors (Lipinski definition) is 1. The average Bonchev–Trinajstić information content (AvgIpc) is 2.90. The third-order valence-corrected chi connectivity index (χ3v) is 4.70. The number of rotatable bonds is 7. The highest BCUT2D eigenvalue weighted by atomic mass is 79.9. The van der Waals surface area contributed by atoms with Crippen molar-refractivity contribution in [2.24, 2.45) is 5.73 Å². The summed E-state index contributed by atoms with van der Waals surface area (Å²) in [6.07, 6.45) is 0.811. The van der Waals surface area contributed by atoms with E-state index < -0.39 is 0 Å². The molecule has 0 aliphatic carbocycles. The predicted octanol–water partition coefficient (Wildman–Crippen LogP) is 3.78. The minimum absolute atomic E-state index is 0.101. The van der Waals surface area contributed by atoms with Crippen LogP contribution in [0.2, 0.25) is 0 Å². The Bertz CT molecular complexity index is 527. The van der Waals surface area contributed by atoms with Crippen LogP contribution < -0.4 is 10.5 Å². The number of benzene rings is 1. The van der Waals surface area contributed by atoms with Crippen LogP contribution >= 0.6 is 27.3 Å². The molecule has 1 heterocycles. The Labute approximate surface area is 131 Å². The minimum atomic E-state index is -0.101. The lowest BCUT2D eigenvalue weighted by Crippen LogP contribution is -2.17. The first-order valence-corrected chi connectivity index (χ1v) is 8.08. The number of thiophene rings is 1. The van der Waals surface area contributed by atoms with E-state index >= 15 is 0 Å². The highest BCUT2D eigenvalue weighted by Crippen LogP contribution is 2.29. The van der Waals surface area contributed by atoms with Crippen molar-refractivity contribution in [3.8, 4) is 5.75 Å². The van der Waals surface area contributed by atoms with Gasteiger partial charge >= 0.3 is 0 Å². The molecule has 1 aromatic heterocycles. The largest absolute Gasteiger partial charge is 0.484 e. The SMILES string of the molecule is COCCc1ccc(OC(CN)c2cc(Br)cs2)cc1. The van der Waals surface area contributed by atoms with Crippen LogP contribution in [-0.4, -0.2) is 20.3 Å². The second-order valence-electron chi connectivity index (χ2n) is 4.40. The van der Waals surface area contributed by atoms with E-state index in [1.807, 2.05) is 17.5 Å². The van der Waals surface area contributed by atoms with Gasteiger partial charge in [-0.3, -0.25) is 0 Å². The molecule has 2 rings (SSSR count). The molecule has 1 aromatic carbocycles. The van der Waals surface area contributed by atoms with Crippen LogP contribution in [-0.2, 0) is 11.2 Å². The normalized spacial score (nSPS) is 12.3. The Hall–Kier alpha value is -0.880. The Morgan fingerprint density at radius 2 is 2.05 bits per heavy atom. The number of halogens is 1. The van der Waals surface area contributed by atoms with Gasteiger partial charge in [0.1, 0.15) is 11.9 Å². The monoisotopic (exact) mass is 355 g/mol. The molecule has 0 saturated heterocycles. The van der Waals surface area contributed by atoms with Crippen LogP contribution in [0.4, 0.5) is 0 Å². The van der Waals surface area contributed by atoms with Crippen molar-refractivity contribution in [1.82, 2.24) is 0 Å². The van der Waals surface area contributed by atoms with E-state index in [0.717, 1.165) is 28.1 Å². The highest BCUT2D eigenvalue weighted by molar-refractivity contribution is 9.10. The van der Waals surface area contributed by atoms with E-state index in [1.54, 1.807) is 18.4 Å². The Kier molecular flexibility index (Phi) is 6.04. The van der Waals surface area contributed by atoms with Crippen molar-refractivity contribution in [2.75, 3.05) is 20.3 Å². The molecule has 0 saturated carbocycles. The van der Waals surface area contributed by atoms with Gasteiger partial charge in [0, 0.05) is 28.4 Å². The fourth-order valence-electron chi connectivity index (χ4n) is 1.84. The summed E-state index contributed by atoms with van der Waals surface area (Å²) in [6.45, 7) is 1.19. The molecule has 1 unspecified atom stereocenters. The summed E-state index contributed by atoms with van der Waals surface area (Å²) < 4.78 is 12.1. The molecular weight excluding hydrogens is 338 g/mol. The molecule has 0 spiro atoms. The van der Waals surface area contributed by atoms with Gasteiger partial charge in [0.05, 0.1) is 6.61 Å². The number of methoxy groups -OCH3 is 1. The molecule has 0 fully saturated rings.